The van der Waals surface area contributed by atoms with Gasteiger partial charge in [0.05, 0.1) is 19.3 Å². The second kappa shape index (κ2) is 10.8. The van der Waals surface area contributed by atoms with Crippen molar-refractivity contribution in [2.75, 3.05) is 13.2 Å². The first-order valence-corrected chi connectivity index (χ1v) is 7.75. The van der Waals surface area contributed by atoms with E-state index in [0.717, 1.165) is 5.56 Å². The molecule has 0 aromatic heterocycles. The molecule has 0 spiro atoms. The summed E-state index contributed by atoms with van der Waals surface area (Å²) in [6.07, 6.45) is 4.53. The second-order valence-electron chi connectivity index (χ2n) is 5.46. The van der Waals surface area contributed by atoms with Crippen LogP contribution in [0.4, 0.5) is 0 Å². The van der Waals surface area contributed by atoms with Gasteiger partial charge in [0.1, 0.15) is 0 Å². The monoisotopic (exact) mass is 279 g/mol. The van der Waals surface area contributed by atoms with Crippen LogP contribution in [-0.4, -0.2) is 30.4 Å². The molecule has 114 valence electrons. The second-order valence-corrected chi connectivity index (χ2v) is 5.46. The van der Waals surface area contributed by atoms with Gasteiger partial charge in [-0.3, -0.25) is 0 Å². The van der Waals surface area contributed by atoms with E-state index in [2.05, 4.69) is 19.2 Å². The molecule has 0 aliphatic heterocycles. The van der Waals surface area contributed by atoms with E-state index >= 15 is 0 Å². The first-order chi connectivity index (χ1) is 9.72. The lowest BCUT2D eigenvalue weighted by Gasteiger charge is -2.17. The molecule has 0 amide bonds. The molecule has 3 heteroatoms. The number of hydrogen-bond donors (Lipinski definition) is 2. The molecule has 0 aliphatic rings. The van der Waals surface area contributed by atoms with Crippen LogP contribution >= 0.6 is 0 Å². The fourth-order valence-corrected chi connectivity index (χ4v) is 2.09. The van der Waals surface area contributed by atoms with Crippen molar-refractivity contribution >= 4 is 0 Å². The molecule has 0 bridgehead atoms. The van der Waals surface area contributed by atoms with Crippen molar-refractivity contribution in [1.82, 2.24) is 5.32 Å². The van der Waals surface area contributed by atoms with E-state index in [0.29, 0.717) is 25.8 Å². The molecular formula is C17H29NO2. The lowest BCUT2D eigenvalue weighted by molar-refractivity contribution is 0.0277. The van der Waals surface area contributed by atoms with Crippen molar-refractivity contribution in [3.63, 3.8) is 0 Å². The minimum Gasteiger partial charge on any atom is -0.389 e. The summed E-state index contributed by atoms with van der Waals surface area (Å²) in [7, 11) is 0. The van der Waals surface area contributed by atoms with Crippen LogP contribution in [0.2, 0.25) is 0 Å². The molecule has 0 saturated heterocycles. The zero-order valence-corrected chi connectivity index (χ0v) is 12.8. The number of benzene rings is 1. The molecule has 3 nitrogen and oxygen atoms in total. The summed E-state index contributed by atoms with van der Waals surface area (Å²) in [5.74, 6) is 0. The molecule has 0 aliphatic carbocycles. The van der Waals surface area contributed by atoms with E-state index in [1.54, 1.807) is 0 Å². The Balaban J connectivity index is 2.04. The number of rotatable bonds is 11. The fraction of sp³-hybridized carbons (Fsp3) is 0.647. The highest BCUT2D eigenvalue weighted by molar-refractivity contribution is 5.13. The Hall–Kier alpha value is -0.900. The van der Waals surface area contributed by atoms with Gasteiger partial charge in [0, 0.05) is 12.6 Å². The van der Waals surface area contributed by atoms with Crippen molar-refractivity contribution in [2.45, 2.75) is 58.3 Å². The van der Waals surface area contributed by atoms with Crippen molar-refractivity contribution in [2.24, 2.45) is 0 Å². The van der Waals surface area contributed by atoms with E-state index in [1.165, 1.54) is 25.7 Å². The average molecular weight is 279 g/mol. The highest BCUT2D eigenvalue weighted by atomic mass is 16.5. The van der Waals surface area contributed by atoms with Gasteiger partial charge in [0.15, 0.2) is 0 Å². The third kappa shape index (κ3) is 8.31. The van der Waals surface area contributed by atoms with Gasteiger partial charge in [-0.15, -0.1) is 0 Å². The molecule has 0 fully saturated rings. The molecule has 2 atom stereocenters. The zero-order valence-electron chi connectivity index (χ0n) is 12.8. The summed E-state index contributed by atoms with van der Waals surface area (Å²) in [6, 6.07) is 10.5. The van der Waals surface area contributed by atoms with Crippen molar-refractivity contribution in [1.29, 1.82) is 0 Å². The van der Waals surface area contributed by atoms with Crippen molar-refractivity contribution in [3.8, 4) is 0 Å². The van der Waals surface area contributed by atoms with Gasteiger partial charge in [-0.1, -0.05) is 56.5 Å². The topological polar surface area (TPSA) is 41.5 Å². The lowest BCUT2D eigenvalue weighted by Crippen LogP contribution is -2.35. The Bertz CT molecular complexity index is 329. The largest absolute Gasteiger partial charge is 0.389 e. The minimum atomic E-state index is -0.438. The van der Waals surface area contributed by atoms with Gasteiger partial charge in [-0.2, -0.15) is 0 Å². The Morgan fingerprint density at radius 3 is 2.65 bits per heavy atom. The van der Waals surface area contributed by atoms with Gasteiger partial charge in [-0.05, 0) is 18.9 Å². The Morgan fingerprint density at radius 1 is 1.20 bits per heavy atom. The van der Waals surface area contributed by atoms with Crippen LogP contribution < -0.4 is 5.32 Å². The van der Waals surface area contributed by atoms with Crippen LogP contribution in [0, 0.1) is 0 Å². The lowest BCUT2D eigenvalue weighted by atomic mass is 10.1. The Kier molecular flexibility index (Phi) is 9.29. The van der Waals surface area contributed by atoms with Gasteiger partial charge >= 0.3 is 0 Å². The molecular weight excluding hydrogens is 250 g/mol. The van der Waals surface area contributed by atoms with Crippen LogP contribution in [0.3, 0.4) is 0 Å². The van der Waals surface area contributed by atoms with Gasteiger partial charge in [-0.25, -0.2) is 0 Å². The molecule has 1 aromatic rings. The highest BCUT2D eigenvalue weighted by Crippen LogP contribution is 2.03. The van der Waals surface area contributed by atoms with Crippen LogP contribution in [0.5, 0.6) is 0 Å². The summed E-state index contributed by atoms with van der Waals surface area (Å²) in [5, 5.41) is 13.2. The van der Waals surface area contributed by atoms with E-state index in [9.17, 15) is 5.11 Å². The minimum absolute atomic E-state index is 0.379. The molecule has 20 heavy (non-hydrogen) atoms. The number of nitrogens with one attached hydrogen (secondary N) is 1. The molecule has 1 rings (SSSR count). The predicted molar refractivity (Wildman–Crippen MR) is 83.7 cm³/mol. The summed E-state index contributed by atoms with van der Waals surface area (Å²) in [6.45, 7) is 5.93. The molecule has 0 heterocycles. The number of aliphatic hydroxyl groups is 1. The SMILES string of the molecule is CCCCCC(C)NCC(O)COCc1ccccc1. The van der Waals surface area contributed by atoms with Crippen molar-refractivity contribution in [3.05, 3.63) is 35.9 Å². The first kappa shape index (κ1) is 17.2. The number of unbranched alkanes of at least 4 members (excludes halogenated alkanes) is 2. The maximum absolute atomic E-state index is 9.86. The Morgan fingerprint density at radius 2 is 1.95 bits per heavy atom. The van der Waals surface area contributed by atoms with Crippen LogP contribution in [0.1, 0.15) is 45.1 Å². The zero-order chi connectivity index (χ0) is 14.6. The van der Waals surface area contributed by atoms with Gasteiger partial charge < -0.3 is 15.2 Å². The molecule has 2 N–H and O–H groups in total. The number of ether oxygens (including phenoxy) is 1. The van der Waals surface area contributed by atoms with Gasteiger partial charge in [0.2, 0.25) is 0 Å². The molecule has 0 radical (unpaired) electrons. The van der Waals surface area contributed by atoms with Crippen LogP contribution in [0.25, 0.3) is 0 Å². The van der Waals surface area contributed by atoms with Gasteiger partial charge in [0.25, 0.3) is 0 Å². The summed E-state index contributed by atoms with van der Waals surface area (Å²) >= 11 is 0. The molecule has 1 aromatic carbocycles. The smallest absolute Gasteiger partial charge is 0.0897 e. The Labute approximate surface area is 123 Å². The third-order valence-corrected chi connectivity index (χ3v) is 3.36. The fourth-order valence-electron chi connectivity index (χ4n) is 2.09. The number of aliphatic hydroxyl groups excluding tert-OH is 1. The van der Waals surface area contributed by atoms with E-state index in [-0.39, 0.29) is 0 Å². The third-order valence-electron chi connectivity index (χ3n) is 3.36. The molecule has 0 saturated carbocycles. The first-order valence-electron chi connectivity index (χ1n) is 7.75. The van der Waals surface area contributed by atoms with Crippen molar-refractivity contribution < 1.29 is 9.84 Å². The van der Waals surface area contributed by atoms with Crippen LogP contribution in [0.15, 0.2) is 30.3 Å². The highest BCUT2D eigenvalue weighted by Gasteiger charge is 2.07. The maximum atomic E-state index is 9.86. The molecule has 2 unspecified atom stereocenters. The van der Waals surface area contributed by atoms with E-state index in [1.807, 2.05) is 30.3 Å². The summed E-state index contributed by atoms with van der Waals surface area (Å²) in [5.41, 5.74) is 1.14. The van der Waals surface area contributed by atoms with E-state index < -0.39 is 6.10 Å². The number of hydrogen-bond acceptors (Lipinski definition) is 3. The summed E-state index contributed by atoms with van der Waals surface area (Å²) < 4.78 is 5.52. The quantitative estimate of drug-likeness (QED) is 0.612. The normalized spacial score (nSPS) is 14.2. The van der Waals surface area contributed by atoms with E-state index in [4.69, 9.17) is 4.74 Å². The summed E-state index contributed by atoms with van der Waals surface area (Å²) in [4.78, 5) is 0. The maximum Gasteiger partial charge on any atom is 0.0897 e. The standard InChI is InChI=1S/C17H29NO2/c1-3-4-6-9-15(2)18-12-17(19)14-20-13-16-10-7-5-8-11-16/h5,7-8,10-11,15,17-19H,3-4,6,9,12-14H2,1-2H3. The average Bonchev–Trinajstić information content (AvgIpc) is 2.46. The predicted octanol–water partition coefficient (Wildman–Crippen LogP) is 3.12. The van der Waals surface area contributed by atoms with Crippen LogP contribution in [-0.2, 0) is 11.3 Å².